The van der Waals surface area contributed by atoms with Crippen molar-refractivity contribution < 1.29 is 0 Å². The average Bonchev–Trinajstić information content (AvgIpc) is 2.22. The van der Waals surface area contributed by atoms with Gasteiger partial charge in [-0.1, -0.05) is 60.8 Å². The first-order valence-electron chi connectivity index (χ1n) is 5.28. The van der Waals surface area contributed by atoms with Gasteiger partial charge >= 0.3 is 0 Å². The maximum Gasteiger partial charge on any atom is -0.0163 e. The van der Waals surface area contributed by atoms with E-state index in [-0.39, 0.29) is 0 Å². The summed E-state index contributed by atoms with van der Waals surface area (Å²) < 4.78 is 0. The molecule has 0 heterocycles. The Morgan fingerprint density at radius 1 is 0.429 bits per heavy atom. The third-order valence-corrected chi connectivity index (χ3v) is 1.98. The molecule has 0 radical (unpaired) electrons. The number of rotatable bonds is 0. The average molecular weight is 186 g/mol. The molecule has 0 saturated heterocycles. The second-order valence-corrected chi connectivity index (χ2v) is 3.23. The Morgan fingerprint density at radius 2 is 0.929 bits per heavy atom. The second kappa shape index (κ2) is 8.31. The number of allylic oxidation sites excluding steroid dienone is 10. The van der Waals surface area contributed by atoms with E-state index in [2.05, 4.69) is 60.8 Å². The molecule has 0 aromatic heterocycles. The Balaban J connectivity index is 2.45. The molecule has 0 atom stereocenters. The molecule has 0 saturated carbocycles. The minimum atomic E-state index is 1.02. The molecular weight excluding hydrogens is 168 g/mol. The smallest absolute Gasteiger partial charge is 0.0163 e. The molecule has 0 aliphatic heterocycles. The van der Waals surface area contributed by atoms with Gasteiger partial charge in [0.2, 0.25) is 0 Å². The van der Waals surface area contributed by atoms with E-state index in [0.29, 0.717) is 0 Å². The molecule has 1 aliphatic rings. The summed E-state index contributed by atoms with van der Waals surface area (Å²) in [5, 5.41) is 0. The van der Waals surface area contributed by atoms with Gasteiger partial charge in [-0.05, 0) is 25.7 Å². The molecule has 0 unspecified atom stereocenters. The van der Waals surface area contributed by atoms with E-state index in [1.807, 2.05) is 0 Å². The molecular formula is C14H18. The largest absolute Gasteiger partial charge is 0.0879 e. The molecule has 0 nitrogen and oxygen atoms in total. The van der Waals surface area contributed by atoms with Gasteiger partial charge in [-0.15, -0.1) is 0 Å². The van der Waals surface area contributed by atoms with Crippen LogP contribution in [0.4, 0.5) is 0 Å². The fourth-order valence-electron chi connectivity index (χ4n) is 1.21. The molecule has 0 aromatic rings. The minimum Gasteiger partial charge on any atom is -0.0879 e. The van der Waals surface area contributed by atoms with Crippen LogP contribution in [0.2, 0.25) is 0 Å². The zero-order valence-electron chi connectivity index (χ0n) is 8.60. The predicted molar refractivity (Wildman–Crippen MR) is 64.2 cm³/mol. The van der Waals surface area contributed by atoms with Crippen LogP contribution in [0.15, 0.2) is 60.8 Å². The summed E-state index contributed by atoms with van der Waals surface area (Å²) in [6.45, 7) is 0. The lowest BCUT2D eigenvalue weighted by Crippen LogP contribution is -1.66. The highest BCUT2D eigenvalue weighted by atomic mass is 13.8. The van der Waals surface area contributed by atoms with E-state index >= 15 is 0 Å². The zero-order chi connectivity index (χ0) is 9.90. The summed E-state index contributed by atoms with van der Waals surface area (Å²) in [6, 6.07) is 0. The van der Waals surface area contributed by atoms with Gasteiger partial charge in [-0.3, -0.25) is 0 Å². The van der Waals surface area contributed by atoms with Crippen molar-refractivity contribution in [3.8, 4) is 0 Å². The first-order valence-corrected chi connectivity index (χ1v) is 5.28. The molecule has 0 N–H and O–H groups in total. The predicted octanol–water partition coefficient (Wildman–Crippen LogP) is 4.34. The van der Waals surface area contributed by atoms with Crippen LogP contribution in [-0.2, 0) is 0 Å². The molecule has 0 aromatic carbocycles. The Hall–Kier alpha value is -1.30. The molecule has 0 fully saturated rings. The van der Waals surface area contributed by atoms with Gasteiger partial charge in [0.25, 0.3) is 0 Å². The molecule has 0 amide bonds. The molecule has 74 valence electrons. The standard InChI is InChI=1S/C14H18/c1-2-4-6-8-10-12-14-13-11-9-7-5-3-1/h1-4,7-11,13H,5-6,12,14H2/b3-1?,4-2+,9-7-,10-8-,13-11+. The van der Waals surface area contributed by atoms with E-state index in [4.69, 9.17) is 0 Å². The monoisotopic (exact) mass is 186 g/mol. The van der Waals surface area contributed by atoms with Crippen molar-refractivity contribution in [2.75, 3.05) is 0 Å². The van der Waals surface area contributed by atoms with Crippen LogP contribution >= 0.6 is 0 Å². The van der Waals surface area contributed by atoms with E-state index < -0.39 is 0 Å². The van der Waals surface area contributed by atoms with Crippen LogP contribution < -0.4 is 0 Å². The van der Waals surface area contributed by atoms with Crippen LogP contribution in [0.1, 0.15) is 25.7 Å². The minimum absolute atomic E-state index is 1.02. The molecule has 0 bridgehead atoms. The van der Waals surface area contributed by atoms with Crippen molar-refractivity contribution in [1.29, 1.82) is 0 Å². The van der Waals surface area contributed by atoms with Gasteiger partial charge in [-0.25, -0.2) is 0 Å². The highest BCUT2D eigenvalue weighted by Crippen LogP contribution is 1.97. The Kier molecular flexibility index (Phi) is 6.39. The maximum absolute atomic E-state index is 2.24. The zero-order valence-corrected chi connectivity index (χ0v) is 8.60. The summed E-state index contributed by atoms with van der Waals surface area (Å²) in [7, 11) is 0. The molecule has 1 aliphatic carbocycles. The van der Waals surface area contributed by atoms with Crippen LogP contribution in [0.3, 0.4) is 0 Å². The van der Waals surface area contributed by atoms with Gasteiger partial charge in [-0.2, -0.15) is 0 Å². The summed E-state index contributed by atoms with van der Waals surface area (Å²) in [4.78, 5) is 0. The van der Waals surface area contributed by atoms with Gasteiger partial charge in [0.05, 0.1) is 0 Å². The lowest BCUT2D eigenvalue weighted by atomic mass is 10.2. The molecule has 1 rings (SSSR count). The highest BCUT2D eigenvalue weighted by Gasteiger charge is 1.76. The Labute approximate surface area is 87.0 Å². The van der Waals surface area contributed by atoms with Gasteiger partial charge in [0.15, 0.2) is 0 Å². The lowest BCUT2D eigenvalue weighted by Gasteiger charge is -1.87. The lowest BCUT2D eigenvalue weighted by molar-refractivity contribution is 1.04. The van der Waals surface area contributed by atoms with Crippen LogP contribution in [-0.4, -0.2) is 0 Å². The summed E-state index contributed by atoms with van der Waals surface area (Å²) in [6.07, 6.45) is 26.0. The van der Waals surface area contributed by atoms with E-state index in [0.717, 1.165) is 25.7 Å². The SMILES string of the molecule is C1=CC/C=C\C=C\CC/C=C\C/C=C/1. The van der Waals surface area contributed by atoms with Crippen molar-refractivity contribution in [3.63, 3.8) is 0 Å². The van der Waals surface area contributed by atoms with Gasteiger partial charge in [0, 0.05) is 0 Å². The number of hydrogen-bond donors (Lipinski definition) is 0. The topological polar surface area (TPSA) is 0 Å². The van der Waals surface area contributed by atoms with E-state index in [1.54, 1.807) is 0 Å². The van der Waals surface area contributed by atoms with Crippen molar-refractivity contribution in [1.82, 2.24) is 0 Å². The van der Waals surface area contributed by atoms with Crippen molar-refractivity contribution in [2.45, 2.75) is 25.7 Å². The third kappa shape index (κ3) is 6.24. The summed E-state index contributed by atoms with van der Waals surface area (Å²) in [5.74, 6) is 0. The van der Waals surface area contributed by atoms with Crippen molar-refractivity contribution in [2.24, 2.45) is 0 Å². The van der Waals surface area contributed by atoms with Crippen LogP contribution in [0, 0.1) is 0 Å². The van der Waals surface area contributed by atoms with Crippen LogP contribution in [0.5, 0.6) is 0 Å². The fourth-order valence-corrected chi connectivity index (χ4v) is 1.21. The quantitative estimate of drug-likeness (QED) is 0.494. The third-order valence-electron chi connectivity index (χ3n) is 1.98. The van der Waals surface area contributed by atoms with E-state index in [9.17, 15) is 0 Å². The summed E-state index contributed by atoms with van der Waals surface area (Å²) >= 11 is 0. The Morgan fingerprint density at radius 3 is 1.64 bits per heavy atom. The molecule has 0 spiro atoms. The van der Waals surface area contributed by atoms with Crippen LogP contribution in [0.25, 0.3) is 0 Å². The second-order valence-electron chi connectivity index (χ2n) is 3.23. The molecule has 14 heavy (non-hydrogen) atoms. The normalized spacial score (nSPS) is 27.4. The van der Waals surface area contributed by atoms with Crippen molar-refractivity contribution >= 4 is 0 Å². The highest BCUT2D eigenvalue weighted by molar-refractivity contribution is 5.10. The van der Waals surface area contributed by atoms with E-state index in [1.165, 1.54) is 0 Å². The Bertz CT molecular complexity index is 262. The molecule has 0 heteroatoms. The van der Waals surface area contributed by atoms with Gasteiger partial charge < -0.3 is 0 Å². The first-order chi connectivity index (χ1) is 7.00. The van der Waals surface area contributed by atoms with Gasteiger partial charge in [0.1, 0.15) is 0 Å². The number of hydrogen-bond acceptors (Lipinski definition) is 0. The maximum atomic E-state index is 2.24. The first kappa shape index (κ1) is 10.8. The summed E-state index contributed by atoms with van der Waals surface area (Å²) in [5.41, 5.74) is 0. The fraction of sp³-hybridized carbons (Fsp3) is 0.286. The van der Waals surface area contributed by atoms with Crippen molar-refractivity contribution in [3.05, 3.63) is 60.8 Å².